The number of aliphatic carboxylic acids is 2. The number of nitrogens with zero attached hydrogens (tertiary/aromatic N) is 5. The number of anilines is 1. The van der Waals surface area contributed by atoms with E-state index < -0.39 is 46.5 Å². The van der Waals surface area contributed by atoms with Crippen molar-refractivity contribution in [2.45, 2.75) is 50.5 Å². The van der Waals surface area contributed by atoms with Gasteiger partial charge in [0.15, 0.2) is 16.6 Å². The molecule has 3 aliphatic rings. The number of hydrogen-bond donors (Lipinski definition) is 6. The third-order valence-corrected chi connectivity index (χ3v) is 10.5. The summed E-state index contributed by atoms with van der Waals surface area (Å²) in [5.74, 6) is -4.49. The van der Waals surface area contributed by atoms with Crippen LogP contribution in [-0.4, -0.2) is 98.4 Å². The number of carbonyl (C=O) groups is 4. The van der Waals surface area contributed by atoms with Crippen molar-refractivity contribution in [1.29, 1.82) is 0 Å². The van der Waals surface area contributed by atoms with Gasteiger partial charge in [-0.2, -0.15) is 9.36 Å². The summed E-state index contributed by atoms with van der Waals surface area (Å²) in [6, 6.07) is 9.94. The molecule has 7 N–H and O–H groups in total. The Hall–Kier alpha value is -5.46. The first-order valence-electron chi connectivity index (χ1n) is 15.5. The van der Waals surface area contributed by atoms with E-state index in [1.165, 1.54) is 25.6 Å². The van der Waals surface area contributed by atoms with Crippen LogP contribution in [0.1, 0.15) is 41.9 Å². The van der Waals surface area contributed by atoms with Crippen LogP contribution in [0, 0.1) is 0 Å². The number of rotatable bonds is 11. The van der Waals surface area contributed by atoms with Gasteiger partial charge in [-0.3, -0.25) is 14.5 Å². The summed E-state index contributed by atoms with van der Waals surface area (Å²) in [5, 5.41) is 44.8. The van der Waals surface area contributed by atoms with Crippen molar-refractivity contribution < 1.29 is 48.9 Å². The zero-order chi connectivity index (χ0) is 36.8. The van der Waals surface area contributed by atoms with Gasteiger partial charge in [0, 0.05) is 34.0 Å². The lowest BCUT2D eigenvalue weighted by Crippen LogP contribution is -2.71. The van der Waals surface area contributed by atoms with Crippen molar-refractivity contribution in [1.82, 2.24) is 19.6 Å². The Balaban J connectivity index is 1.13. The van der Waals surface area contributed by atoms with Gasteiger partial charge in [0.2, 0.25) is 17.1 Å². The summed E-state index contributed by atoms with van der Waals surface area (Å²) in [7, 11) is 2.11. The number of allylic oxidation sites excluding steroid dienone is 1. The molecule has 3 aliphatic heterocycles. The molecule has 1 fully saturated rings. The van der Waals surface area contributed by atoms with Crippen LogP contribution < -0.4 is 11.1 Å². The second-order valence-electron chi connectivity index (χ2n) is 13.1. The van der Waals surface area contributed by atoms with Crippen LogP contribution in [0.5, 0.6) is 11.5 Å². The average molecular weight is 737 g/mol. The van der Waals surface area contributed by atoms with Crippen LogP contribution in [0.4, 0.5) is 5.13 Å². The largest absolute Gasteiger partial charge is 0.504 e. The minimum atomic E-state index is -1.80. The van der Waals surface area contributed by atoms with Crippen LogP contribution in [0.25, 0.3) is 6.08 Å². The molecule has 0 spiro atoms. The highest BCUT2D eigenvalue weighted by Crippen LogP contribution is 2.41. The fourth-order valence-corrected chi connectivity index (χ4v) is 7.77. The number of quaternary nitrogens is 1. The van der Waals surface area contributed by atoms with E-state index in [-0.39, 0.29) is 33.9 Å². The van der Waals surface area contributed by atoms with Crippen LogP contribution in [0.15, 0.2) is 58.9 Å². The Morgan fingerprint density at radius 1 is 1.12 bits per heavy atom. The SMILES string of the molecule is CC(C)(O/N=C(\C(=O)N[C@@H]1C(=O)N2C(C(=O)O)=C(/C=C/c3ccc(C[N+]4(C)Cc5cc(O)c(O)cc5C4)cc3)CSC12)c1nsc(N)n1)C(=O)O. The molecular weight excluding hydrogens is 703 g/mol. The maximum Gasteiger partial charge on any atom is 0.352 e. The standard InChI is InChI=1S/C33H33N7O9S2/c1-33(2,31(47)48)49-37-23(26-36-32(34)51-38-26)27(43)35-24-28(44)39-25(30(45)46)18(15-50-29(24)39)9-8-16-4-6-17(7-5-16)12-40(3)13-19-10-21(41)22(42)11-20(19)14-40/h4-11,24,29H,12-15H2,1-3H3,(H6-,34,35,36,37,38,41,42,43,45,46,47,48)/p+1/b9-8+/t24-,29?/m1/s1. The first-order chi connectivity index (χ1) is 24.0. The highest BCUT2D eigenvalue weighted by atomic mass is 32.2. The molecule has 2 amide bonds. The van der Waals surface area contributed by atoms with Gasteiger partial charge in [0.25, 0.3) is 11.8 Å². The summed E-state index contributed by atoms with van der Waals surface area (Å²) in [6.45, 7) is 4.59. The Kier molecular flexibility index (Phi) is 9.26. The number of phenolic OH excluding ortho intramolecular Hbond substituents is 2. The van der Waals surface area contributed by atoms with E-state index >= 15 is 0 Å². The number of nitrogens with one attached hydrogen (secondary N) is 1. The van der Waals surface area contributed by atoms with Gasteiger partial charge in [-0.1, -0.05) is 41.6 Å². The molecule has 2 atom stereocenters. The van der Waals surface area contributed by atoms with E-state index in [1.54, 1.807) is 24.3 Å². The minimum absolute atomic E-state index is 0.0126. The van der Waals surface area contributed by atoms with E-state index in [2.05, 4.69) is 26.9 Å². The number of aromatic nitrogens is 2. The minimum Gasteiger partial charge on any atom is -0.504 e. The topological polar surface area (TPSA) is 238 Å². The van der Waals surface area contributed by atoms with Gasteiger partial charge >= 0.3 is 11.9 Å². The Bertz CT molecular complexity index is 2010. The molecule has 1 saturated heterocycles. The molecule has 0 aliphatic carbocycles. The molecule has 18 heteroatoms. The van der Waals surface area contributed by atoms with Crippen molar-refractivity contribution >= 4 is 64.0 Å². The monoisotopic (exact) mass is 736 g/mol. The van der Waals surface area contributed by atoms with Crippen LogP contribution >= 0.6 is 23.3 Å². The number of β-lactam (4-membered cyclic amide) rings is 1. The predicted molar refractivity (Wildman–Crippen MR) is 186 cm³/mol. The third-order valence-electron chi connectivity index (χ3n) is 8.66. The summed E-state index contributed by atoms with van der Waals surface area (Å²) in [4.78, 5) is 60.6. The summed E-state index contributed by atoms with van der Waals surface area (Å²) in [6.07, 6.45) is 3.43. The molecular formula is C33H34N7O9S2+. The van der Waals surface area contributed by atoms with Crippen molar-refractivity contribution in [3.8, 4) is 11.5 Å². The summed E-state index contributed by atoms with van der Waals surface area (Å²) < 4.78 is 4.62. The second kappa shape index (κ2) is 13.3. The fraction of sp³-hybridized carbons (Fsp3) is 0.303. The van der Waals surface area contributed by atoms with Gasteiger partial charge in [0.1, 0.15) is 36.7 Å². The number of carboxylic acids is 2. The van der Waals surface area contributed by atoms with Crippen molar-refractivity contribution in [2.75, 3.05) is 18.5 Å². The van der Waals surface area contributed by atoms with Crippen LogP contribution in [0.3, 0.4) is 0 Å². The number of oxime groups is 1. The highest BCUT2D eigenvalue weighted by Gasteiger charge is 2.54. The number of nitrogen functional groups attached to an aromatic ring is 1. The van der Waals surface area contributed by atoms with Gasteiger partial charge in [0.05, 0.1) is 7.05 Å². The normalized spacial score (nSPS) is 19.8. The molecule has 4 heterocycles. The Labute approximate surface area is 299 Å². The second-order valence-corrected chi connectivity index (χ2v) is 15.0. The third kappa shape index (κ3) is 7.10. The maximum atomic E-state index is 13.3. The average Bonchev–Trinajstić information content (AvgIpc) is 3.64. The number of thioether (sulfide) groups is 1. The van der Waals surface area contributed by atoms with Crippen molar-refractivity contribution in [3.05, 3.63) is 81.8 Å². The van der Waals surface area contributed by atoms with Crippen LogP contribution in [0.2, 0.25) is 0 Å². The van der Waals surface area contributed by atoms with E-state index in [0.29, 0.717) is 23.1 Å². The van der Waals surface area contributed by atoms with Gasteiger partial charge < -0.3 is 40.8 Å². The van der Waals surface area contributed by atoms with E-state index in [9.17, 15) is 39.6 Å². The molecule has 266 valence electrons. The zero-order valence-electron chi connectivity index (χ0n) is 27.6. The Morgan fingerprint density at radius 3 is 2.33 bits per heavy atom. The number of nitrogens with two attached hydrogens (primary N) is 1. The predicted octanol–water partition coefficient (Wildman–Crippen LogP) is 2.23. The maximum absolute atomic E-state index is 13.3. The lowest BCUT2D eigenvalue weighted by molar-refractivity contribution is -0.941. The molecule has 0 saturated carbocycles. The molecule has 1 unspecified atom stereocenters. The Morgan fingerprint density at radius 2 is 1.76 bits per heavy atom. The van der Waals surface area contributed by atoms with Gasteiger partial charge in [-0.25, -0.2) is 9.59 Å². The van der Waals surface area contributed by atoms with Crippen molar-refractivity contribution in [2.24, 2.45) is 5.16 Å². The van der Waals surface area contributed by atoms with Crippen LogP contribution in [-0.2, 0) is 43.7 Å². The van der Waals surface area contributed by atoms with E-state index in [0.717, 1.165) is 45.2 Å². The molecule has 0 bridgehead atoms. The highest BCUT2D eigenvalue weighted by molar-refractivity contribution is 8.00. The molecule has 51 heavy (non-hydrogen) atoms. The lowest BCUT2D eigenvalue weighted by atomic mass is 10.0. The summed E-state index contributed by atoms with van der Waals surface area (Å²) >= 11 is 2.04. The van der Waals surface area contributed by atoms with E-state index in [1.807, 2.05) is 24.3 Å². The number of amides is 2. The quantitative estimate of drug-likeness (QED) is 0.0545. The molecule has 0 radical (unpaired) electrons. The van der Waals surface area contributed by atoms with Crippen molar-refractivity contribution in [3.63, 3.8) is 0 Å². The smallest absolute Gasteiger partial charge is 0.352 e. The number of benzene rings is 2. The molecule has 6 rings (SSSR count). The first-order valence-corrected chi connectivity index (χ1v) is 17.3. The van der Waals surface area contributed by atoms with E-state index in [4.69, 9.17) is 10.6 Å². The van der Waals surface area contributed by atoms with Gasteiger partial charge in [-0.15, -0.1) is 11.8 Å². The molecule has 16 nitrogen and oxygen atoms in total. The molecule has 3 aromatic rings. The number of fused-ring (bicyclic) bond motifs is 2. The number of phenols is 2. The molecule has 2 aromatic carbocycles. The lowest BCUT2D eigenvalue weighted by Gasteiger charge is -2.49. The number of carboxylic acid groups (broad SMARTS) is 2. The van der Waals surface area contributed by atoms with Gasteiger partial charge in [-0.05, 0) is 37.1 Å². The first kappa shape index (κ1) is 35.4. The zero-order valence-corrected chi connectivity index (χ0v) is 29.2. The number of aromatic hydroxyl groups is 2. The number of carbonyl (C=O) groups excluding carboxylic acids is 2. The molecule has 1 aromatic heterocycles. The fourth-order valence-electron chi connectivity index (χ4n) is 6.01. The summed E-state index contributed by atoms with van der Waals surface area (Å²) in [5.41, 5.74) is 7.47. The number of hydrogen-bond acceptors (Lipinski definition) is 13.